The van der Waals surface area contributed by atoms with E-state index in [0.717, 1.165) is 0 Å². The molecular formula is C13H12N2O3. The summed E-state index contributed by atoms with van der Waals surface area (Å²) in [6, 6.07) is 11.4. The van der Waals surface area contributed by atoms with Crippen molar-refractivity contribution in [1.29, 1.82) is 0 Å². The van der Waals surface area contributed by atoms with Crippen molar-refractivity contribution >= 4 is 11.9 Å². The van der Waals surface area contributed by atoms with E-state index in [2.05, 4.69) is 4.98 Å². The van der Waals surface area contributed by atoms with Gasteiger partial charge >= 0.3 is 5.97 Å². The van der Waals surface area contributed by atoms with Crippen LogP contribution < -0.4 is 5.73 Å². The van der Waals surface area contributed by atoms with E-state index in [1.54, 1.807) is 42.5 Å². The zero-order valence-corrected chi connectivity index (χ0v) is 9.48. The van der Waals surface area contributed by atoms with Gasteiger partial charge in [-0.1, -0.05) is 18.2 Å². The molecule has 0 bridgehead atoms. The minimum Gasteiger partial charge on any atom is -0.478 e. The highest BCUT2D eigenvalue weighted by molar-refractivity contribution is 5.92. The van der Waals surface area contributed by atoms with Crippen LogP contribution in [0.3, 0.4) is 0 Å². The summed E-state index contributed by atoms with van der Waals surface area (Å²) >= 11 is 0. The van der Waals surface area contributed by atoms with Crippen LogP contribution in [-0.4, -0.2) is 22.0 Å². The number of rotatable bonds is 2. The molecule has 0 aliphatic rings. The average molecular weight is 244 g/mol. The van der Waals surface area contributed by atoms with Crippen LogP contribution in [0.2, 0.25) is 0 Å². The fourth-order valence-electron chi connectivity index (χ4n) is 1.10. The lowest BCUT2D eigenvalue weighted by atomic mass is 10.2. The molecule has 0 atom stereocenters. The Kier molecular flexibility index (Phi) is 5.05. The van der Waals surface area contributed by atoms with E-state index >= 15 is 0 Å². The number of carbonyl (C=O) groups is 2. The number of benzene rings is 1. The molecule has 0 unspecified atom stereocenters. The minimum absolute atomic E-state index is 0.331. The predicted octanol–water partition coefficient (Wildman–Crippen LogP) is 1.57. The Morgan fingerprint density at radius 1 is 0.944 bits per heavy atom. The first-order chi connectivity index (χ1) is 8.61. The summed E-state index contributed by atoms with van der Waals surface area (Å²) in [6.45, 7) is 0. The van der Waals surface area contributed by atoms with Crippen molar-refractivity contribution < 1.29 is 14.7 Å². The quantitative estimate of drug-likeness (QED) is 0.838. The number of aromatic nitrogens is 1. The maximum absolute atomic E-state index is 10.4. The number of amides is 1. The molecule has 0 aliphatic carbocycles. The summed E-state index contributed by atoms with van der Waals surface area (Å²) in [5.41, 5.74) is 5.77. The van der Waals surface area contributed by atoms with Crippen LogP contribution in [0.5, 0.6) is 0 Å². The van der Waals surface area contributed by atoms with Gasteiger partial charge in [0, 0.05) is 18.0 Å². The molecule has 0 saturated heterocycles. The highest BCUT2D eigenvalue weighted by Gasteiger charge is 1.96. The predicted molar refractivity (Wildman–Crippen MR) is 66.2 cm³/mol. The zero-order valence-electron chi connectivity index (χ0n) is 9.48. The summed E-state index contributed by atoms with van der Waals surface area (Å²) in [6.07, 6.45) is 3.06. The smallest absolute Gasteiger partial charge is 0.335 e. The van der Waals surface area contributed by atoms with Crippen molar-refractivity contribution in [2.24, 2.45) is 5.73 Å². The zero-order chi connectivity index (χ0) is 13.4. The standard InChI is InChI=1S/C7H6O2.C6H6N2O/c8-7(9)6-4-2-1-3-5-6;7-6(9)5-1-3-8-4-2-5/h1-5H,(H,8,9);1-4H,(H2,7,9). The van der Waals surface area contributed by atoms with E-state index in [1.807, 2.05) is 0 Å². The lowest BCUT2D eigenvalue weighted by Crippen LogP contribution is -2.10. The van der Waals surface area contributed by atoms with Gasteiger partial charge in [-0.25, -0.2) is 4.79 Å². The number of carboxylic acid groups (broad SMARTS) is 1. The molecule has 1 heterocycles. The van der Waals surface area contributed by atoms with E-state index in [1.165, 1.54) is 12.4 Å². The van der Waals surface area contributed by atoms with Crippen molar-refractivity contribution in [3.8, 4) is 0 Å². The van der Waals surface area contributed by atoms with Gasteiger partial charge in [0.15, 0.2) is 0 Å². The molecule has 0 saturated carbocycles. The molecule has 0 aliphatic heterocycles. The molecule has 1 aromatic carbocycles. The molecule has 0 fully saturated rings. The third-order valence-corrected chi connectivity index (χ3v) is 1.99. The first-order valence-corrected chi connectivity index (χ1v) is 5.09. The van der Waals surface area contributed by atoms with Gasteiger partial charge in [-0.05, 0) is 24.3 Å². The van der Waals surface area contributed by atoms with Crippen molar-refractivity contribution in [2.75, 3.05) is 0 Å². The van der Waals surface area contributed by atoms with Gasteiger partial charge in [0.2, 0.25) is 5.91 Å². The molecule has 18 heavy (non-hydrogen) atoms. The first kappa shape index (κ1) is 13.4. The van der Waals surface area contributed by atoms with Gasteiger partial charge < -0.3 is 10.8 Å². The Labute approximate surface area is 104 Å². The second-order valence-electron chi connectivity index (χ2n) is 3.27. The van der Waals surface area contributed by atoms with Crippen molar-refractivity contribution in [2.45, 2.75) is 0 Å². The summed E-state index contributed by atoms with van der Waals surface area (Å²) in [4.78, 5) is 24.3. The second-order valence-corrected chi connectivity index (χ2v) is 3.27. The largest absolute Gasteiger partial charge is 0.478 e. The van der Waals surface area contributed by atoms with Crippen LogP contribution in [0, 0.1) is 0 Å². The van der Waals surface area contributed by atoms with Gasteiger partial charge in [-0.2, -0.15) is 0 Å². The first-order valence-electron chi connectivity index (χ1n) is 5.09. The number of pyridine rings is 1. The van der Waals surface area contributed by atoms with Crippen LogP contribution >= 0.6 is 0 Å². The highest BCUT2D eigenvalue weighted by atomic mass is 16.4. The van der Waals surface area contributed by atoms with E-state index in [0.29, 0.717) is 11.1 Å². The maximum Gasteiger partial charge on any atom is 0.335 e. The molecule has 5 heteroatoms. The SMILES string of the molecule is NC(=O)c1ccncc1.O=C(O)c1ccccc1. The Morgan fingerprint density at radius 2 is 1.50 bits per heavy atom. The molecule has 0 spiro atoms. The van der Waals surface area contributed by atoms with Gasteiger partial charge in [0.05, 0.1) is 5.56 Å². The van der Waals surface area contributed by atoms with Crippen LogP contribution in [0.4, 0.5) is 0 Å². The summed E-state index contributed by atoms with van der Waals surface area (Å²) in [5, 5.41) is 8.38. The lowest BCUT2D eigenvalue weighted by molar-refractivity contribution is 0.0696. The van der Waals surface area contributed by atoms with Crippen molar-refractivity contribution in [1.82, 2.24) is 4.98 Å². The van der Waals surface area contributed by atoms with E-state index in [4.69, 9.17) is 10.8 Å². The van der Waals surface area contributed by atoms with Gasteiger partial charge in [0.1, 0.15) is 0 Å². The van der Waals surface area contributed by atoms with Crippen molar-refractivity contribution in [3.63, 3.8) is 0 Å². The summed E-state index contributed by atoms with van der Waals surface area (Å²) in [5.74, 6) is -1.30. The molecule has 5 nitrogen and oxygen atoms in total. The average Bonchev–Trinajstić information content (AvgIpc) is 2.41. The summed E-state index contributed by atoms with van der Waals surface area (Å²) < 4.78 is 0. The number of hydrogen-bond acceptors (Lipinski definition) is 3. The number of carboxylic acids is 1. The van der Waals surface area contributed by atoms with Crippen molar-refractivity contribution in [3.05, 3.63) is 66.0 Å². The molecule has 0 radical (unpaired) electrons. The number of carbonyl (C=O) groups excluding carboxylic acids is 1. The Morgan fingerprint density at radius 3 is 1.83 bits per heavy atom. The Bertz CT molecular complexity index is 463. The summed E-state index contributed by atoms with van der Waals surface area (Å²) in [7, 11) is 0. The topological polar surface area (TPSA) is 93.3 Å². The van der Waals surface area contributed by atoms with Gasteiger partial charge in [0.25, 0.3) is 0 Å². The number of aromatic carboxylic acids is 1. The van der Waals surface area contributed by atoms with Crippen LogP contribution in [0.15, 0.2) is 54.9 Å². The Balaban J connectivity index is 0.000000180. The van der Waals surface area contributed by atoms with Crippen LogP contribution in [0.1, 0.15) is 20.7 Å². The monoisotopic (exact) mass is 244 g/mol. The normalized spacial score (nSPS) is 8.89. The number of nitrogens with zero attached hydrogens (tertiary/aromatic N) is 1. The fraction of sp³-hybridized carbons (Fsp3) is 0. The number of nitrogens with two attached hydrogens (primary N) is 1. The van der Waals surface area contributed by atoms with Gasteiger partial charge in [-0.15, -0.1) is 0 Å². The molecular weight excluding hydrogens is 232 g/mol. The molecule has 2 aromatic rings. The van der Waals surface area contributed by atoms with Gasteiger partial charge in [-0.3, -0.25) is 9.78 Å². The second kappa shape index (κ2) is 6.80. The third kappa shape index (κ3) is 4.44. The van der Waals surface area contributed by atoms with E-state index in [-0.39, 0.29) is 0 Å². The number of primary amides is 1. The van der Waals surface area contributed by atoms with E-state index in [9.17, 15) is 9.59 Å². The molecule has 2 rings (SSSR count). The van der Waals surface area contributed by atoms with Crippen LogP contribution in [-0.2, 0) is 0 Å². The minimum atomic E-state index is -0.879. The van der Waals surface area contributed by atoms with Crippen LogP contribution in [0.25, 0.3) is 0 Å². The highest BCUT2D eigenvalue weighted by Crippen LogP contribution is 1.96. The molecule has 1 amide bonds. The number of hydrogen-bond donors (Lipinski definition) is 2. The maximum atomic E-state index is 10.4. The fourth-order valence-corrected chi connectivity index (χ4v) is 1.10. The molecule has 92 valence electrons. The third-order valence-electron chi connectivity index (χ3n) is 1.99. The van der Waals surface area contributed by atoms with E-state index < -0.39 is 11.9 Å². The molecule has 3 N–H and O–H groups in total. The Hall–Kier alpha value is -2.69. The molecule has 1 aromatic heterocycles. The lowest BCUT2D eigenvalue weighted by Gasteiger charge is -1.88.